The molecule has 0 saturated heterocycles. The lowest BCUT2D eigenvalue weighted by molar-refractivity contribution is 0.636. The van der Waals surface area contributed by atoms with Gasteiger partial charge in [-0.1, -0.05) is 23.7 Å². The Balaban J connectivity index is 1.65. The average molecular weight is 408 g/mol. The van der Waals surface area contributed by atoms with Gasteiger partial charge in [0.2, 0.25) is 0 Å². The molecule has 0 bridgehead atoms. The van der Waals surface area contributed by atoms with Crippen LogP contribution in [0.5, 0.6) is 0 Å². The van der Waals surface area contributed by atoms with Gasteiger partial charge in [-0.15, -0.1) is 10.2 Å². The molecule has 8 heteroatoms. The summed E-state index contributed by atoms with van der Waals surface area (Å²) in [5, 5.41) is 14.4. The minimum Gasteiger partial charge on any atom is -0.378 e. The van der Waals surface area contributed by atoms with Gasteiger partial charge >= 0.3 is 0 Å². The van der Waals surface area contributed by atoms with Crippen LogP contribution in [0, 0.1) is 0 Å². The summed E-state index contributed by atoms with van der Waals surface area (Å²) < 4.78 is 2.13. The minimum absolute atomic E-state index is 0.208. The largest absolute Gasteiger partial charge is 0.378 e. The second kappa shape index (κ2) is 7.67. The highest BCUT2D eigenvalue weighted by molar-refractivity contribution is 6.31. The maximum Gasteiger partial charge on any atom is 0.265 e. The van der Waals surface area contributed by atoms with Gasteiger partial charge in [0, 0.05) is 36.2 Å². The van der Waals surface area contributed by atoms with Crippen molar-refractivity contribution in [2.24, 2.45) is 5.10 Å². The van der Waals surface area contributed by atoms with Crippen molar-refractivity contribution in [2.45, 2.75) is 19.9 Å². The topological polar surface area (TPSA) is 71.2 Å². The lowest BCUT2D eigenvalue weighted by Gasteiger charge is -2.11. The van der Waals surface area contributed by atoms with Crippen molar-refractivity contribution in [2.75, 3.05) is 24.4 Å². The molecule has 7 nitrogen and oxygen atoms in total. The third kappa shape index (κ3) is 3.73. The standard InChI is InChI=1S/C21H22ClN7/c1-13(2)29-18-10-7-15(22)11-17(18)19-20(29)24-21(27-25-19)26-23-12-14-5-8-16(9-6-14)28(3)4/h5-13H,1-4H3,(H,24,26,27)/b23-12+. The van der Waals surface area contributed by atoms with E-state index in [1.165, 1.54) is 0 Å². The van der Waals surface area contributed by atoms with Crippen LogP contribution < -0.4 is 10.3 Å². The summed E-state index contributed by atoms with van der Waals surface area (Å²) in [5.41, 5.74) is 7.50. The van der Waals surface area contributed by atoms with Crippen molar-refractivity contribution in [3.63, 3.8) is 0 Å². The molecule has 0 aliphatic carbocycles. The van der Waals surface area contributed by atoms with Crippen LogP contribution in [0.1, 0.15) is 25.5 Å². The lowest BCUT2D eigenvalue weighted by Crippen LogP contribution is -2.08. The van der Waals surface area contributed by atoms with Gasteiger partial charge < -0.3 is 9.47 Å². The molecular formula is C21H22ClN7. The first kappa shape index (κ1) is 19.1. The lowest BCUT2D eigenvalue weighted by atomic mass is 10.2. The maximum atomic E-state index is 6.18. The number of nitrogens with one attached hydrogen (secondary N) is 1. The molecule has 2 heterocycles. The molecule has 2 aromatic carbocycles. The highest BCUT2D eigenvalue weighted by atomic mass is 35.5. The molecule has 0 fully saturated rings. The van der Waals surface area contributed by atoms with Crippen LogP contribution in [0.2, 0.25) is 5.02 Å². The third-order valence-corrected chi connectivity index (χ3v) is 4.91. The number of hydrogen-bond donors (Lipinski definition) is 1. The molecule has 0 spiro atoms. The Morgan fingerprint density at radius 2 is 1.86 bits per heavy atom. The maximum absolute atomic E-state index is 6.18. The summed E-state index contributed by atoms with van der Waals surface area (Å²) in [4.78, 5) is 6.70. The molecule has 0 unspecified atom stereocenters. The Bertz CT molecular complexity index is 1190. The number of rotatable bonds is 5. The Hall–Kier alpha value is -3.19. The predicted octanol–water partition coefficient (Wildman–Crippen LogP) is 4.73. The fraction of sp³-hybridized carbons (Fsp3) is 0.238. The summed E-state index contributed by atoms with van der Waals surface area (Å²) in [6.45, 7) is 4.22. The number of nitrogens with zero attached hydrogens (tertiary/aromatic N) is 6. The van der Waals surface area contributed by atoms with Gasteiger partial charge in [-0.2, -0.15) is 10.1 Å². The van der Waals surface area contributed by atoms with E-state index in [1.54, 1.807) is 6.21 Å². The Morgan fingerprint density at radius 1 is 1.10 bits per heavy atom. The van der Waals surface area contributed by atoms with E-state index in [2.05, 4.69) is 49.0 Å². The Morgan fingerprint density at radius 3 is 2.55 bits per heavy atom. The number of aromatic nitrogens is 4. The average Bonchev–Trinajstić information content (AvgIpc) is 3.01. The van der Waals surface area contributed by atoms with E-state index in [0.717, 1.165) is 33.3 Å². The smallest absolute Gasteiger partial charge is 0.265 e. The molecule has 0 amide bonds. The van der Waals surface area contributed by atoms with Crippen molar-refractivity contribution < 1.29 is 0 Å². The molecule has 4 rings (SSSR count). The molecule has 29 heavy (non-hydrogen) atoms. The molecule has 4 aromatic rings. The zero-order chi connectivity index (χ0) is 20.5. The Kier molecular flexibility index (Phi) is 5.07. The fourth-order valence-electron chi connectivity index (χ4n) is 3.28. The quantitative estimate of drug-likeness (QED) is 0.382. The second-order valence-electron chi connectivity index (χ2n) is 7.29. The molecule has 0 aliphatic heterocycles. The number of benzene rings is 2. The molecule has 148 valence electrons. The van der Waals surface area contributed by atoms with Gasteiger partial charge in [0.05, 0.1) is 11.7 Å². The third-order valence-electron chi connectivity index (χ3n) is 4.67. The molecule has 1 N–H and O–H groups in total. The van der Waals surface area contributed by atoms with Crippen molar-refractivity contribution in [3.05, 3.63) is 53.1 Å². The van der Waals surface area contributed by atoms with Gasteiger partial charge in [-0.05, 0) is 49.7 Å². The van der Waals surface area contributed by atoms with E-state index >= 15 is 0 Å². The summed E-state index contributed by atoms with van der Waals surface area (Å²) >= 11 is 6.18. The normalized spacial score (nSPS) is 11.8. The molecule has 0 radical (unpaired) electrons. The van der Waals surface area contributed by atoms with Crippen molar-refractivity contribution in [1.29, 1.82) is 0 Å². The highest BCUT2D eigenvalue weighted by Gasteiger charge is 2.16. The summed E-state index contributed by atoms with van der Waals surface area (Å²) in [6, 6.07) is 14.1. The van der Waals surface area contributed by atoms with Crippen LogP contribution in [-0.2, 0) is 0 Å². The van der Waals surface area contributed by atoms with Gasteiger partial charge in [-0.25, -0.2) is 5.43 Å². The first-order valence-electron chi connectivity index (χ1n) is 9.34. The molecule has 0 atom stereocenters. The summed E-state index contributed by atoms with van der Waals surface area (Å²) in [5.74, 6) is 0.342. The van der Waals surface area contributed by atoms with Crippen LogP contribution in [-0.4, -0.2) is 40.1 Å². The van der Waals surface area contributed by atoms with E-state index < -0.39 is 0 Å². The first-order valence-corrected chi connectivity index (χ1v) is 9.72. The van der Waals surface area contributed by atoms with Crippen LogP contribution in [0.3, 0.4) is 0 Å². The van der Waals surface area contributed by atoms with Gasteiger partial charge in [0.25, 0.3) is 5.95 Å². The number of hydrogen-bond acceptors (Lipinski definition) is 6. The zero-order valence-electron chi connectivity index (χ0n) is 16.8. The number of anilines is 2. The molecule has 0 aliphatic rings. The fourth-order valence-corrected chi connectivity index (χ4v) is 3.45. The van der Waals surface area contributed by atoms with Crippen LogP contribution in [0.25, 0.3) is 22.1 Å². The van der Waals surface area contributed by atoms with Gasteiger partial charge in [0.15, 0.2) is 5.65 Å². The Labute approximate surface area is 174 Å². The predicted molar refractivity (Wildman–Crippen MR) is 120 cm³/mol. The number of halogens is 1. The summed E-state index contributed by atoms with van der Waals surface area (Å²) in [7, 11) is 4.02. The van der Waals surface area contributed by atoms with E-state index in [0.29, 0.717) is 11.0 Å². The number of fused-ring (bicyclic) bond motifs is 3. The first-order chi connectivity index (χ1) is 13.9. The minimum atomic E-state index is 0.208. The van der Waals surface area contributed by atoms with Gasteiger partial charge in [-0.3, -0.25) is 0 Å². The SMILES string of the molecule is CC(C)n1c2ccc(Cl)cc2c2nnc(N/N=C/c3ccc(N(C)C)cc3)nc21. The molecular weight excluding hydrogens is 386 g/mol. The van der Waals surface area contributed by atoms with Crippen LogP contribution in [0.4, 0.5) is 11.6 Å². The van der Waals surface area contributed by atoms with E-state index in [4.69, 9.17) is 11.6 Å². The molecule has 2 aromatic heterocycles. The van der Waals surface area contributed by atoms with Crippen LogP contribution in [0.15, 0.2) is 47.6 Å². The zero-order valence-corrected chi connectivity index (χ0v) is 17.5. The highest BCUT2D eigenvalue weighted by Crippen LogP contribution is 2.31. The van der Waals surface area contributed by atoms with Crippen molar-refractivity contribution in [1.82, 2.24) is 19.7 Å². The summed E-state index contributed by atoms with van der Waals surface area (Å²) in [6.07, 6.45) is 1.73. The monoisotopic (exact) mass is 407 g/mol. The van der Waals surface area contributed by atoms with Crippen molar-refractivity contribution >= 4 is 51.5 Å². The number of hydrazone groups is 1. The van der Waals surface area contributed by atoms with Crippen LogP contribution >= 0.6 is 11.6 Å². The van der Waals surface area contributed by atoms with E-state index in [-0.39, 0.29) is 6.04 Å². The second-order valence-corrected chi connectivity index (χ2v) is 7.73. The van der Waals surface area contributed by atoms with Gasteiger partial charge in [0.1, 0.15) is 5.52 Å². The molecule has 0 saturated carbocycles. The van der Waals surface area contributed by atoms with E-state index in [1.807, 2.05) is 56.6 Å². The van der Waals surface area contributed by atoms with E-state index in [9.17, 15) is 0 Å². The van der Waals surface area contributed by atoms with Crippen molar-refractivity contribution in [3.8, 4) is 0 Å².